The summed E-state index contributed by atoms with van der Waals surface area (Å²) in [6.07, 6.45) is 5.36. The van der Waals surface area contributed by atoms with Crippen LogP contribution >= 0.6 is 0 Å². The molecule has 0 radical (unpaired) electrons. The topological polar surface area (TPSA) is 78.4 Å². The first-order valence-electron chi connectivity index (χ1n) is 11.6. The maximum absolute atomic E-state index is 12.7. The van der Waals surface area contributed by atoms with Crippen molar-refractivity contribution in [3.63, 3.8) is 0 Å². The highest BCUT2D eigenvalue weighted by molar-refractivity contribution is 5.64. The van der Waals surface area contributed by atoms with Crippen molar-refractivity contribution < 1.29 is 18.3 Å². The minimum atomic E-state index is -2.95. The lowest BCUT2D eigenvalue weighted by Gasteiger charge is -2.55. The molecule has 2 aliphatic heterocycles. The van der Waals surface area contributed by atoms with E-state index in [4.69, 9.17) is 15.6 Å². The monoisotopic (exact) mass is 445 g/mol. The molecule has 2 saturated carbocycles. The first kappa shape index (κ1) is 20.4. The number of nitrogen functional groups attached to an aromatic ring is 1. The van der Waals surface area contributed by atoms with Crippen molar-refractivity contribution in [1.82, 2.24) is 19.7 Å². The number of fused-ring (bicyclic) bond motifs is 3. The van der Waals surface area contributed by atoms with Crippen LogP contribution in [0.3, 0.4) is 0 Å². The van der Waals surface area contributed by atoms with E-state index in [-0.39, 0.29) is 17.6 Å². The lowest BCUT2D eigenvalue weighted by atomic mass is 9.87. The van der Waals surface area contributed by atoms with E-state index in [1.807, 2.05) is 0 Å². The van der Waals surface area contributed by atoms with Crippen LogP contribution in [0.15, 0.2) is 18.3 Å². The van der Waals surface area contributed by atoms with Crippen molar-refractivity contribution in [1.29, 1.82) is 0 Å². The number of nitrogens with two attached hydrogens (primary N) is 1. The fourth-order valence-electron chi connectivity index (χ4n) is 6.45. The molecule has 32 heavy (non-hydrogen) atoms. The highest BCUT2D eigenvalue weighted by atomic mass is 19.3. The Labute approximate surface area is 185 Å². The molecule has 9 heteroatoms. The van der Waals surface area contributed by atoms with Crippen LogP contribution in [0.4, 0.5) is 14.6 Å². The van der Waals surface area contributed by atoms with Gasteiger partial charge in [-0.3, -0.25) is 9.58 Å². The largest absolute Gasteiger partial charge is 0.431 e. The molecule has 2 aromatic heterocycles. The van der Waals surface area contributed by atoms with Crippen LogP contribution < -0.4 is 10.5 Å². The van der Waals surface area contributed by atoms with Gasteiger partial charge in [-0.15, -0.1) is 0 Å². The van der Waals surface area contributed by atoms with E-state index in [0.29, 0.717) is 41.4 Å². The third-order valence-electron chi connectivity index (χ3n) is 7.84. The lowest BCUT2D eigenvalue weighted by molar-refractivity contribution is -0.147. The number of hydrogen-bond acceptors (Lipinski definition) is 6. The number of alkyl halides is 2. The Hall–Kier alpha value is -2.26. The first-order chi connectivity index (χ1) is 15.4. The smallest absolute Gasteiger partial charge is 0.387 e. The van der Waals surface area contributed by atoms with Gasteiger partial charge in [0.05, 0.1) is 18.9 Å². The molecule has 6 atom stereocenters. The number of anilines is 1. The third-order valence-corrected chi connectivity index (χ3v) is 7.84. The molecule has 0 aromatic carbocycles. The summed E-state index contributed by atoms with van der Waals surface area (Å²) in [4.78, 5) is 6.76. The summed E-state index contributed by atoms with van der Waals surface area (Å²) in [5, 5.41) is 4.81. The summed E-state index contributed by atoms with van der Waals surface area (Å²) < 4.78 is 37.7. The lowest BCUT2D eigenvalue weighted by Crippen LogP contribution is -2.66. The van der Waals surface area contributed by atoms with Crippen LogP contribution in [-0.2, 0) is 4.74 Å². The van der Waals surface area contributed by atoms with Crippen molar-refractivity contribution in [2.75, 3.05) is 18.9 Å². The Morgan fingerprint density at radius 1 is 1.09 bits per heavy atom. The van der Waals surface area contributed by atoms with Crippen molar-refractivity contribution in [3.05, 3.63) is 24.0 Å². The first-order valence-corrected chi connectivity index (χ1v) is 11.6. The minimum Gasteiger partial charge on any atom is -0.431 e. The second-order valence-corrected chi connectivity index (χ2v) is 9.99. The van der Waals surface area contributed by atoms with Gasteiger partial charge in [-0.25, -0.2) is 4.98 Å². The van der Waals surface area contributed by atoms with E-state index in [9.17, 15) is 8.78 Å². The quantitative estimate of drug-likeness (QED) is 0.731. The van der Waals surface area contributed by atoms with E-state index >= 15 is 0 Å². The Bertz CT molecular complexity index is 1000. The zero-order valence-corrected chi connectivity index (χ0v) is 18.3. The van der Waals surface area contributed by atoms with Gasteiger partial charge in [0.15, 0.2) is 11.6 Å². The van der Waals surface area contributed by atoms with Gasteiger partial charge in [0.25, 0.3) is 0 Å². The van der Waals surface area contributed by atoms with Crippen LogP contribution in [0.2, 0.25) is 0 Å². The molecule has 4 fully saturated rings. The number of nitrogens with zero attached hydrogens (tertiary/aromatic N) is 4. The molecule has 172 valence electrons. The van der Waals surface area contributed by atoms with Gasteiger partial charge in [-0.2, -0.15) is 13.9 Å². The molecule has 6 rings (SSSR count). The minimum absolute atomic E-state index is 0.0542. The Morgan fingerprint density at radius 2 is 1.81 bits per heavy atom. The van der Waals surface area contributed by atoms with E-state index in [1.54, 1.807) is 6.20 Å². The molecule has 2 aromatic rings. The molecule has 2 N–H and O–H groups in total. The van der Waals surface area contributed by atoms with Crippen LogP contribution in [0, 0.1) is 11.8 Å². The average molecular weight is 446 g/mol. The van der Waals surface area contributed by atoms with Crippen molar-refractivity contribution >= 4 is 5.82 Å². The molecule has 2 aliphatic carbocycles. The molecule has 2 bridgehead atoms. The third kappa shape index (κ3) is 3.20. The number of halogens is 2. The number of aromatic nitrogens is 3. The van der Waals surface area contributed by atoms with Crippen LogP contribution in [-0.4, -0.2) is 57.6 Å². The van der Waals surface area contributed by atoms with Gasteiger partial charge in [0.1, 0.15) is 0 Å². The standard InChI is InChI=1S/C23H29F2N5O2/c1-11(2)30-19(7-18(28-30)12-3-20(32-23(24)25)22(26)27-8-12)21-16-5-13(6-17(16)21)29-14-4-15(29)10-31-9-14/h3,7-8,11,13-17,21,23H,4-6,9-10H2,1-2H3,(H2,26,27)/t13?,14?,15?,16-,17?,21?/m0/s1. The average Bonchev–Trinajstić information content (AvgIpc) is 3.09. The summed E-state index contributed by atoms with van der Waals surface area (Å²) in [6, 6.07) is 5.76. The van der Waals surface area contributed by atoms with Gasteiger partial charge < -0.3 is 15.2 Å². The second-order valence-electron chi connectivity index (χ2n) is 9.99. The summed E-state index contributed by atoms with van der Waals surface area (Å²) in [5.41, 5.74) is 8.29. The summed E-state index contributed by atoms with van der Waals surface area (Å²) >= 11 is 0. The fraction of sp³-hybridized carbons (Fsp3) is 0.652. The van der Waals surface area contributed by atoms with E-state index in [1.165, 1.54) is 31.0 Å². The van der Waals surface area contributed by atoms with Crippen molar-refractivity contribution in [2.45, 2.75) is 69.8 Å². The van der Waals surface area contributed by atoms with E-state index < -0.39 is 6.61 Å². The molecule has 4 aliphatic rings. The SMILES string of the molecule is CC(C)n1nc(-c2cnc(N)c(OC(F)F)c2)cc1C1C2CC(N3C4COCC3C4)C[C@@H]21. The predicted molar refractivity (Wildman–Crippen MR) is 114 cm³/mol. The fourth-order valence-corrected chi connectivity index (χ4v) is 6.45. The zero-order valence-electron chi connectivity index (χ0n) is 18.3. The van der Waals surface area contributed by atoms with Crippen molar-refractivity contribution in [2.24, 2.45) is 11.8 Å². The maximum Gasteiger partial charge on any atom is 0.387 e. The summed E-state index contributed by atoms with van der Waals surface area (Å²) in [6.45, 7) is 3.07. The molecule has 0 spiro atoms. The van der Waals surface area contributed by atoms with E-state index in [0.717, 1.165) is 18.9 Å². The maximum atomic E-state index is 12.7. The predicted octanol–water partition coefficient (Wildman–Crippen LogP) is 3.67. The Kier molecular flexibility index (Phi) is 4.69. The highest BCUT2D eigenvalue weighted by Gasteiger charge is 2.61. The highest BCUT2D eigenvalue weighted by Crippen LogP contribution is 2.65. The molecule has 4 heterocycles. The van der Waals surface area contributed by atoms with Gasteiger partial charge in [-0.05, 0) is 57.1 Å². The van der Waals surface area contributed by atoms with E-state index in [2.05, 4.69) is 39.2 Å². The number of morpholine rings is 1. The van der Waals surface area contributed by atoms with Crippen molar-refractivity contribution in [3.8, 4) is 17.0 Å². The number of pyridine rings is 1. The molecular weight excluding hydrogens is 416 g/mol. The number of ether oxygens (including phenoxy) is 2. The number of hydrogen-bond donors (Lipinski definition) is 1. The molecule has 7 nitrogen and oxygen atoms in total. The molecule has 5 unspecified atom stereocenters. The number of rotatable bonds is 6. The Morgan fingerprint density at radius 3 is 2.44 bits per heavy atom. The molecular formula is C23H29F2N5O2. The Balaban J connectivity index is 1.22. The van der Waals surface area contributed by atoms with Crippen LogP contribution in [0.25, 0.3) is 11.3 Å². The normalized spacial score (nSPS) is 33.4. The molecule has 0 amide bonds. The second kappa shape index (κ2) is 7.38. The van der Waals surface area contributed by atoms with Crippen LogP contribution in [0.1, 0.15) is 50.8 Å². The zero-order chi connectivity index (χ0) is 22.1. The van der Waals surface area contributed by atoms with Crippen LogP contribution in [0.5, 0.6) is 5.75 Å². The van der Waals surface area contributed by atoms with Gasteiger partial charge >= 0.3 is 6.61 Å². The summed E-state index contributed by atoms with van der Waals surface area (Å²) in [5.74, 6) is 1.75. The molecule has 2 saturated heterocycles. The van der Waals surface area contributed by atoms with Gasteiger partial charge in [-0.1, -0.05) is 0 Å². The van der Waals surface area contributed by atoms with Gasteiger partial charge in [0.2, 0.25) is 0 Å². The van der Waals surface area contributed by atoms with Gasteiger partial charge in [0, 0.05) is 47.5 Å². The summed E-state index contributed by atoms with van der Waals surface area (Å²) in [7, 11) is 0.